The first kappa shape index (κ1) is 17.7. The molecule has 1 N–H and O–H groups in total. The van der Waals surface area contributed by atoms with Gasteiger partial charge in [0.15, 0.2) is 0 Å². The number of β-amino-alcohol motifs (C(OH)–C–C–N with tert-alkyl or cyclic N) is 1. The Morgan fingerprint density at radius 2 is 2.17 bits per heavy atom. The number of amides is 1. The van der Waals surface area contributed by atoms with E-state index >= 15 is 0 Å². The second-order valence-electron chi connectivity index (χ2n) is 6.80. The average Bonchev–Trinajstić information content (AvgIpc) is 2.44. The minimum Gasteiger partial charge on any atom is -0.444 e. The molecule has 1 unspecified atom stereocenters. The summed E-state index contributed by atoms with van der Waals surface area (Å²) in [7, 11) is 0. The Kier molecular flexibility index (Phi) is 5.23. The van der Waals surface area contributed by atoms with Crippen molar-refractivity contribution < 1.29 is 14.6 Å². The third-order valence-corrected chi connectivity index (χ3v) is 3.62. The lowest BCUT2D eigenvalue weighted by Gasteiger charge is -2.36. The van der Waals surface area contributed by atoms with E-state index in [2.05, 4.69) is 11.8 Å². The van der Waals surface area contributed by atoms with E-state index in [0.717, 1.165) is 5.56 Å². The molecule has 0 radical (unpaired) electrons. The Morgan fingerprint density at radius 3 is 2.83 bits per heavy atom. The minimum absolute atomic E-state index is 0.148. The maximum atomic E-state index is 12.1. The van der Waals surface area contributed by atoms with E-state index in [9.17, 15) is 9.90 Å². The van der Waals surface area contributed by atoms with Crippen LogP contribution in [0.5, 0.6) is 0 Å². The van der Waals surface area contributed by atoms with Crippen molar-refractivity contribution in [2.45, 2.75) is 44.8 Å². The van der Waals surface area contributed by atoms with Gasteiger partial charge in [0, 0.05) is 17.1 Å². The molecule has 1 heterocycles. The number of hydrogen-bond donors (Lipinski definition) is 1. The van der Waals surface area contributed by atoms with E-state index in [1.807, 2.05) is 32.9 Å². The number of ether oxygens (including phenoxy) is 1. The molecule has 0 aliphatic carbocycles. The summed E-state index contributed by atoms with van der Waals surface area (Å²) in [5, 5.41) is 11.3. The number of rotatable bonds is 0. The van der Waals surface area contributed by atoms with Crippen molar-refractivity contribution >= 4 is 17.7 Å². The van der Waals surface area contributed by atoms with Gasteiger partial charge in [-0.3, -0.25) is 0 Å². The molecule has 5 heteroatoms. The quantitative estimate of drug-likeness (QED) is 0.739. The van der Waals surface area contributed by atoms with Crippen LogP contribution >= 0.6 is 11.6 Å². The summed E-state index contributed by atoms with van der Waals surface area (Å²) in [6.07, 6.45) is 0.792. The topological polar surface area (TPSA) is 49.8 Å². The molecule has 1 aliphatic heterocycles. The van der Waals surface area contributed by atoms with Gasteiger partial charge >= 0.3 is 6.09 Å². The summed E-state index contributed by atoms with van der Waals surface area (Å²) in [6, 6.07) is 7.15. The number of likely N-dealkylation sites (tertiary alicyclic amines) is 1. The van der Waals surface area contributed by atoms with Gasteiger partial charge in [-0.2, -0.15) is 0 Å². The fraction of sp³-hybridized carbons (Fsp3) is 0.500. The highest BCUT2D eigenvalue weighted by molar-refractivity contribution is 6.30. The zero-order chi connectivity index (χ0) is 17.1. The maximum absolute atomic E-state index is 12.1. The largest absolute Gasteiger partial charge is 0.444 e. The Hall–Kier alpha value is -1.70. The highest BCUT2D eigenvalue weighted by Gasteiger charge is 2.35. The van der Waals surface area contributed by atoms with Crippen LogP contribution in [0.25, 0.3) is 0 Å². The lowest BCUT2D eigenvalue weighted by molar-refractivity contribution is -0.0153. The summed E-state index contributed by atoms with van der Waals surface area (Å²) in [5.41, 5.74) is -1.04. The fourth-order valence-electron chi connectivity index (χ4n) is 2.38. The van der Waals surface area contributed by atoms with E-state index in [4.69, 9.17) is 16.3 Å². The lowest BCUT2D eigenvalue weighted by Crippen LogP contribution is -2.50. The number of halogens is 1. The van der Waals surface area contributed by atoms with Crippen LogP contribution in [0.1, 0.15) is 39.2 Å². The zero-order valence-electron chi connectivity index (χ0n) is 13.7. The molecule has 23 heavy (non-hydrogen) atoms. The van der Waals surface area contributed by atoms with Crippen LogP contribution in [-0.4, -0.2) is 40.4 Å². The Morgan fingerprint density at radius 1 is 1.43 bits per heavy atom. The van der Waals surface area contributed by atoms with Gasteiger partial charge in [0.05, 0.1) is 6.54 Å². The molecule has 1 aromatic rings. The number of benzene rings is 1. The van der Waals surface area contributed by atoms with Crippen molar-refractivity contribution in [2.24, 2.45) is 0 Å². The maximum Gasteiger partial charge on any atom is 0.410 e. The van der Waals surface area contributed by atoms with E-state index < -0.39 is 17.3 Å². The van der Waals surface area contributed by atoms with Crippen molar-refractivity contribution in [2.75, 3.05) is 13.1 Å². The van der Waals surface area contributed by atoms with Gasteiger partial charge in [0.1, 0.15) is 11.2 Å². The molecule has 4 nitrogen and oxygen atoms in total. The van der Waals surface area contributed by atoms with Crippen molar-refractivity contribution in [3.63, 3.8) is 0 Å². The van der Waals surface area contributed by atoms with Crippen LogP contribution in [-0.2, 0) is 4.74 Å². The molecule has 1 saturated heterocycles. The van der Waals surface area contributed by atoms with Gasteiger partial charge in [0.25, 0.3) is 0 Å². The molecule has 0 aromatic heterocycles. The summed E-state index contributed by atoms with van der Waals surface area (Å²) >= 11 is 5.93. The third-order valence-electron chi connectivity index (χ3n) is 3.39. The normalized spacial score (nSPS) is 21.3. The number of piperidine rings is 1. The number of nitrogens with zero attached hydrogens (tertiary/aromatic N) is 1. The van der Waals surface area contributed by atoms with E-state index in [-0.39, 0.29) is 6.54 Å². The van der Waals surface area contributed by atoms with Gasteiger partial charge in [-0.15, -0.1) is 0 Å². The average molecular weight is 336 g/mol. The number of carbonyl (C=O) groups excluding carboxylic acids is 1. The van der Waals surface area contributed by atoms with Gasteiger partial charge < -0.3 is 14.7 Å². The highest BCUT2D eigenvalue weighted by atomic mass is 35.5. The van der Waals surface area contributed by atoms with Crippen LogP contribution in [0.4, 0.5) is 4.79 Å². The van der Waals surface area contributed by atoms with Crippen LogP contribution in [0.3, 0.4) is 0 Å². The molecule has 1 amide bonds. The van der Waals surface area contributed by atoms with Gasteiger partial charge in [-0.25, -0.2) is 4.79 Å². The van der Waals surface area contributed by atoms with Crippen molar-refractivity contribution in [3.05, 3.63) is 34.9 Å². The smallest absolute Gasteiger partial charge is 0.410 e. The highest BCUT2D eigenvalue weighted by Crippen LogP contribution is 2.22. The molecule has 2 rings (SSSR count). The van der Waals surface area contributed by atoms with Crippen molar-refractivity contribution in [3.8, 4) is 11.8 Å². The van der Waals surface area contributed by atoms with E-state index in [1.165, 1.54) is 4.90 Å². The molecule has 1 atom stereocenters. The van der Waals surface area contributed by atoms with Crippen LogP contribution < -0.4 is 0 Å². The summed E-state index contributed by atoms with van der Waals surface area (Å²) in [5.74, 6) is 5.83. The predicted octanol–water partition coefficient (Wildman–Crippen LogP) is 3.45. The third kappa shape index (κ3) is 5.46. The molecule has 124 valence electrons. The first-order valence-electron chi connectivity index (χ1n) is 7.66. The number of carbonyl (C=O) groups is 1. The number of hydrogen-bond acceptors (Lipinski definition) is 3. The van der Waals surface area contributed by atoms with E-state index in [1.54, 1.807) is 12.1 Å². The standard InChI is InChI=1S/C18H22ClNO3/c1-17(2,3)23-16(21)20-11-5-9-18(22,13-20)10-8-14-6-4-7-15(19)12-14/h4,6-7,12,22H,5,9,11,13H2,1-3H3. The molecule has 0 bridgehead atoms. The minimum atomic E-state index is -1.22. The SMILES string of the molecule is CC(C)(C)OC(=O)N1CCCC(O)(C#Cc2cccc(Cl)c2)C1. The lowest BCUT2D eigenvalue weighted by atomic mass is 9.93. The Balaban J connectivity index is 2.09. The zero-order valence-corrected chi connectivity index (χ0v) is 14.5. The summed E-state index contributed by atoms with van der Waals surface area (Å²) < 4.78 is 5.36. The van der Waals surface area contributed by atoms with Crippen LogP contribution in [0.2, 0.25) is 5.02 Å². The molecule has 0 saturated carbocycles. The molecule has 1 fully saturated rings. The van der Waals surface area contributed by atoms with Gasteiger partial charge in [-0.05, 0) is 51.8 Å². The first-order valence-corrected chi connectivity index (χ1v) is 8.04. The number of aliphatic hydroxyl groups is 1. The summed E-state index contributed by atoms with van der Waals surface area (Å²) in [4.78, 5) is 13.7. The Labute approximate surface area is 142 Å². The molecule has 1 aromatic carbocycles. The van der Waals surface area contributed by atoms with Crippen LogP contribution in [0.15, 0.2) is 24.3 Å². The Bertz CT molecular complexity index is 642. The molecular weight excluding hydrogens is 314 g/mol. The van der Waals surface area contributed by atoms with Crippen LogP contribution in [0, 0.1) is 11.8 Å². The molecule has 0 spiro atoms. The predicted molar refractivity (Wildman–Crippen MR) is 90.3 cm³/mol. The fourth-order valence-corrected chi connectivity index (χ4v) is 2.57. The second kappa shape index (κ2) is 6.82. The molecular formula is C18H22ClNO3. The first-order chi connectivity index (χ1) is 10.7. The summed E-state index contributed by atoms with van der Waals surface area (Å²) in [6.45, 7) is 6.17. The van der Waals surface area contributed by atoms with Crippen molar-refractivity contribution in [1.29, 1.82) is 0 Å². The van der Waals surface area contributed by atoms with Crippen molar-refractivity contribution in [1.82, 2.24) is 4.90 Å². The van der Waals surface area contributed by atoms with Gasteiger partial charge in [0.2, 0.25) is 0 Å². The van der Waals surface area contributed by atoms with Gasteiger partial charge in [-0.1, -0.05) is 29.5 Å². The monoisotopic (exact) mass is 335 g/mol. The second-order valence-corrected chi connectivity index (χ2v) is 7.23. The molecule has 1 aliphatic rings. The van der Waals surface area contributed by atoms with E-state index in [0.29, 0.717) is 24.4 Å².